The molecule has 4 aromatic rings. The van der Waals surface area contributed by atoms with Gasteiger partial charge in [0.15, 0.2) is 12.2 Å². The first-order valence-corrected chi connectivity index (χ1v) is 9.19. The predicted molar refractivity (Wildman–Crippen MR) is 109 cm³/mol. The number of carbonyl (C=O) groups is 1. The number of oxazole rings is 1. The van der Waals surface area contributed by atoms with Gasteiger partial charge in [0.05, 0.1) is 36.4 Å². The van der Waals surface area contributed by atoms with Gasteiger partial charge in [-0.1, -0.05) is 30.3 Å². The van der Waals surface area contributed by atoms with Crippen LogP contribution in [0, 0.1) is 0 Å². The van der Waals surface area contributed by atoms with Crippen LogP contribution in [0.15, 0.2) is 53.4 Å². The Bertz CT molecular complexity index is 1140. The average Bonchev–Trinajstić information content (AvgIpc) is 3.42. The summed E-state index contributed by atoms with van der Waals surface area (Å²) in [6.45, 7) is 1.61. The molecule has 0 aliphatic carbocycles. The summed E-state index contributed by atoms with van der Waals surface area (Å²) in [6, 6.07) is 9.74. The van der Waals surface area contributed by atoms with Crippen LogP contribution in [0.2, 0.25) is 0 Å². The lowest BCUT2D eigenvalue weighted by Gasteiger charge is -2.22. The summed E-state index contributed by atoms with van der Waals surface area (Å²) in [5, 5.41) is 23.1. The third-order valence-electron chi connectivity index (χ3n) is 4.54. The van der Waals surface area contributed by atoms with Gasteiger partial charge >= 0.3 is 6.03 Å². The van der Waals surface area contributed by atoms with E-state index in [0.717, 1.165) is 5.56 Å². The number of methoxy groups -OCH3 is 1. The van der Waals surface area contributed by atoms with E-state index in [-0.39, 0.29) is 5.82 Å². The Morgan fingerprint density at radius 3 is 2.77 bits per heavy atom. The number of anilines is 1. The quantitative estimate of drug-likeness (QED) is 0.385. The summed E-state index contributed by atoms with van der Waals surface area (Å²) < 4.78 is 10.7. The first kappa shape index (κ1) is 19.4. The second kappa shape index (κ2) is 8.21. The minimum atomic E-state index is -0.796. The highest BCUT2D eigenvalue weighted by atomic mass is 16.5. The summed E-state index contributed by atoms with van der Waals surface area (Å²) in [4.78, 5) is 21.0. The van der Waals surface area contributed by atoms with E-state index < -0.39 is 18.2 Å². The van der Waals surface area contributed by atoms with E-state index in [4.69, 9.17) is 9.15 Å². The normalized spacial score (nSPS) is 13.0. The minimum Gasteiger partial charge on any atom is -0.479 e. The van der Waals surface area contributed by atoms with Crippen LogP contribution in [0.1, 0.15) is 18.5 Å². The molecule has 3 heterocycles. The average molecular weight is 408 g/mol. The number of urea groups is 1. The molecule has 10 heteroatoms. The molecule has 0 bridgehead atoms. The number of aromatic amines is 1. The number of hydrogen-bond acceptors (Lipinski definition) is 7. The Balaban J connectivity index is 1.63. The number of amides is 2. The number of nitrogens with zero attached hydrogens (tertiary/aromatic N) is 3. The fourth-order valence-electron chi connectivity index (χ4n) is 3.18. The summed E-state index contributed by atoms with van der Waals surface area (Å²) in [7, 11) is 1.50. The highest BCUT2D eigenvalue weighted by Gasteiger charge is 2.22. The zero-order valence-electron chi connectivity index (χ0n) is 16.3. The van der Waals surface area contributed by atoms with Gasteiger partial charge in [0.2, 0.25) is 5.88 Å². The number of aliphatic hydroxyl groups excluding tert-OH is 1. The van der Waals surface area contributed by atoms with Crippen LogP contribution in [-0.2, 0) is 0 Å². The van der Waals surface area contributed by atoms with Crippen LogP contribution < -0.4 is 15.4 Å². The molecule has 2 amide bonds. The Morgan fingerprint density at radius 2 is 2.10 bits per heavy atom. The number of H-pyrrole nitrogens is 1. The van der Waals surface area contributed by atoms with Crippen molar-refractivity contribution >= 4 is 22.8 Å². The number of rotatable bonds is 6. The lowest BCUT2D eigenvalue weighted by molar-refractivity contribution is 0.148. The zero-order valence-corrected chi connectivity index (χ0v) is 16.3. The fourth-order valence-corrected chi connectivity index (χ4v) is 3.18. The van der Waals surface area contributed by atoms with Crippen LogP contribution in [0.4, 0.5) is 10.6 Å². The molecule has 4 N–H and O–H groups in total. The first-order valence-electron chi connectivity index (χ1n) is 9.19. The van der Waals surface area contributed by atoms with Crippen molar-refractivity contribution in [3.05, 3.63) is 54.6 Å². The third-order valence-corrected chi connectivity index (χ3v) is 4.54. The molecule has 0 radical (unpaired) electrons. The summed E-state index contributed by atoms with van der Waals surface area (Å²) >= 11 is 0. The highest BCUT2D eigenvalue weighted by molar-refractivity contribution is 5.99. The van der Waals surface area contributed by atoms with Crippen molar-refractivity contribution in [1.29, 1.82) is 0 Å². The van der Waals surface area contributed by atoms with Crippen molar-refractivity contribution in [1.82, 2.24) is 25.5 Å². The molecule has 4 rings (SSSR count). The van der Waals surface area contributed by atoms with Crippen molar-refractivity contribution in [2.75, 3.05) is 12.4 Å². The molecule has 0 saturated heterocycles. The Labute approximate surface area is 171 Å². The van der Waals surface area contributed by atoms with E-state index in [9.17, 15) is 9.90 Å². The molecule has 154 valence electrons. The fraction of sp³-hybridized carbons (Fsp3) is 0.200. The molecule has 30 heavy (non-hydrogen) atoms. The SMILES string of the molecule is COc1n[nH]c2cc(NC(=O)N[C@@H](c3ccccc3)[C@@H](C)O)nc(-c3cnco3)c12. The topological polar surface area (TPSA) is 138 Å². The molecule has 0 aliphatic rings. The zero-order chi connectivity index (χ0) is 21.1. The molecular formula is C20H20N6O4. The number of ether oxygens (including phenoxy) is 1. The van der Waals surface area contributed by atoms with Crippen LogP contribution in [0.3, 0.4) is 0 Å². The number of aromatic nitrogens is 4. The standard InChI is InChI=1S/C20H20N6O4/c1-11(27)17(12-6-4-3-5-7-12)24-20(28)23-15-8-13-16(19(29-2)26-25-13)18(22-15)14-9-21-10-30-14/h3-11,17,27H,1-2H3,(H,25,26)(H2,22,23,24,28)/t11-,17-/m1/s1. The molecule has 0 saturated carbocycles. The predicted octanol–water partition coefficient (Wildman–Crippen LogP) is 2.87. The van der Waals surface area contributed by atoms with Gasteiger partial charge in [-0.3, -0.25) is 10.4 Å². The van der Waals surface area contributed by atoms with Gasteiger partial charge in [0.1, 0.15) is 11.5 Å². The lowest BCUT2D eigenvalue weighted by atomic mass is 10.0. The number of aliphatic hydroxyl groups is 1. The van der Waals surface area contributed by atoms with Crippen LogP contribution in [-0.4, -0.2) is 44.5 Å². The van der Waals surface area contributed by atoms with Crippen molar-refractivity contribution in [3.63, 3.8) is 0 Å². The molecule has 1 aromatic carbocycles. The van der Waals surface area contributed by atoms with Crippen LogP contribution in [0.5, 0.6) is 5.88 Å². The van der Waals surface area contributed by atoms with Crippen molar-refractivity contribution in [2.45, 2.75) is 19.1 Å². The smallest absolute Gasteiger partial charge is 0.320 e. The minimum absolute atomic E-state index is 0.259. The summed E-state index contributed by atoms with van der Waals surface area (Å²) in [5.41, 5.74) is 1.80. The van der Waals surface area contributed by atoms with Crippen LogP contribution in [0.25, 0.3) is 22.4 Å². The van der Waals surface area contributed by atoms with Gasteiger partial charge in [-0.15, -0.1) is 5.10 Å². The lowest BCUT2D eigenvalue weighted by Crippen LogP contribution is -2.37. The summed E-state index contributed by atoms with van der Waals surface area (Å²) in [5.74, 6) is 1.00. The van der Waals surface area contributed by atoms with Crippen molar-refractivity contribution in [2.24, 2.45) is 0 Å². The molecule has 0 fully saturated rings. The second-order valence-corrected chi connectivity index (χ2v) is 6.60. The second-order valence-electron chi connectivity index (χ2n) is 6.60. The number of fused-ring (bicyclic) bond motifs is 1. The van der Waals surface area contributed by atoms with E-state index in [0.29, 0.717) is 28.2 Å². The number of carbonyl (C=O) groups excluding carboxylic acids is 1. The van der Waals surface area contributed by atoms with Gasteiger partial charge in [-0.2, -0.15) is 0 Å². The van der Waals surface area contributed by atoms with E-state index in [1.807, 2.05) is 30.3 Å². The molecule has 0 spiro atoms. The van der Waals surface area contributed by atoms with Crippen molar-refractivity contribution in [3.8, 4) is 17.3 Å². The number of hydrogen-bond donors (Lipinski definition) is 4. The first-order chi connectivity index (χ1) is 14.6. The molecule has 0 aliphatic heterocycles. The van der Waals surface area contributed by atoms with Gasteiger partial charge in [0, 0.05) is 6.07 Å². The van der Waals surface area contributed by atoms with Gasteiger partial charge in [-0.25, -0.2) is 14.8 Å². The summed E-state index contributed by atoms with van der Waals surface area (Å²) in [6.07, 6.45) is 2.00. The molecule has 3 aromatic heterocycles. The highest BCUT2D eigenvalue weighted by Crippen LogP contribution is 2.33. The maximum Gasteiger partial charge on any atom is 0.320 e. The largest absolute Gasteiger partial charge is 0.479 e. The maximum atomic E-state index is 12.6. The van der Waals surface area contributed by atoms with E-state index in [1.165, 1.54) is 19.7 Å². The number of nitrogens with one attached hydrogen (secondary N) is 3. The van der Waals surface area contributed by atoms with E-state index >= 15 is 0 Å². The van der Waals surface area contributed by atoms with Gasteiger partial charge in [-0.05, 0) is 12.5 Å². The Kier molecular flexibility index (Phi) is 5.31. The molecule has 2 atom stereocenters. The monoisotopic (exact) mass is 408 g/mol. The van der Waals surface area contributed by atoms with E-state index in [1.54, 1.807) is 13.0 Å². The van der Waals surface area contributed by atoms with Crippen LogP contribution >= 0.6 is 0 Å². The number of benzene rings is 1. The Morgan fingerprint density at radius 1 is 1.30 bits per heavy atom. The molecule has 10 nitrogen and oxygen atoms in total. The van der Waals surface area contributed by atoms with Gasteiger partial charge < -0.3 is 19.6 Å². The van der Waals surface area contributed by atoms with Crippen molar-refractivity contribution < 1.29 is 19.1 Å². The van der Waals surface area contributed by atoms with Gasteiger partial charge in [0.25, 0.3) is 0 Å². The molecular weight excluding hydrogens is 388 g/mol. The third kappa shape index (κ3) is 3.80. The maximum absolute atomic E-state index is 12.6. The number of pyridine rings is 1. The molecule has 0 unspecified atom stereocenters. The van der Waals surface area contributed by atoms with E-state index in [2.05, 4.69) is 30.8 Å². The Hall–Kier alpha value is -3.92.